The van der Waals surface area contributed by atoms with Crippen LogP contribution in [0.4, 0.5) is 0 Å². The zero-order valence-corrected chi connectivity index (χ0v) is 11.3. The molecule has 0 saturated carbocycles. The van der Waals surface area contributed by atoms with E-state index in [1.165, 1.54) is 0 Å². The third-order valence-corrected chi connectivity index (χ3v) is 3.26. The molecule has 0 radical (unpaired) electrons. The lowest BCUT2D eigenvalue weighted by molar-refractivity contribution is -0.143. The predicted molar refractivity (Wildman–Crippen MR) is 67.2 cm³/mol. The largest absolute Gasteiger partial charge is 0.480 e. The Balaban J connectivity index is 2.30. The van der Waals surface area contributed by atoms with Gasteiger partial charge in [-0.15, -0.1) is 0 Å². The molecule has 3 atom stereocenters. The molecule has 5 heteroatoms. The van der Waals surface area contributed by atoms with Crippen LogP contribution >= 0.6 is 0 Å². The molecular formula is C13H23NO4. The molecule has 1 fully saturated rings. The van der Waals surface area contributed by atoms with Gasteiger partial charge in [0, 0.05) is 6.42 Å². The molecule has 1 aliphatic heterocycles. The lowest BCUT2D eigenvalue weighted by Gasteiger charge is -2.18. The van der Waals surface area contributed by atoms with E-state index in [4.69, 9.17) is 9.84 Å². The molecule has 0 aromatic carbocycles. The molecule has 104 valence electrons. The summed E-state index contributed by atoms with van der Waals surface area (Å²) in [4.78, 5) is 22.6. The van der Waals surface area contributed by atoms with Crippen molar-refractivity contribution in [3.05, 3.63) is 0 Å². The van der Waals surface area contributed by atoms with E-state index < -0.39 is 12.0 Å². The highest BCUT2D eigenvalue weighted by atomic mass is 16.5. The first kappa shape index (κ1) is 15.0. The fraction of sp³-hybridized carbons (Fsp3) is 0.846. The van der Waals surface area contributed by atoms with E-state index in [0.717, 1.165) is 12.8 Å². The molecule has 1 saturated heterocycles. The Morgan fingerprint density at radius 1 is 1.39 bits per heavy atom. The number of ether oxygens (including phenoxy) is 1. The summed E-state index contributed by atoms with van der Waals surface area (Å²) in [6.45, 7) is 5.58. The van der Waals surface area contributed by atoms with Crippen molar-refractivity contribution in [3.8, 4) is 0 Å². The number of carbonyl (C=O) groups excluding carboxylic acids is 1. The highest BCUT2D eigenvalue weighted by molar-refractivity contribution is 5.83. The van der Waals surface area contributed by atoms with Gasteiger partial charge in [-0.25, -0.2) is 4.79 Å². The molecule has 1 rings (SSSR count). The minimum Gasteiger partial charge on any atom is -0.480 e. The van der Waals surface area contributed by atoms with Crippen molar-refractivity contribution < 1.29 is 19.4 Å². The van der Waals surface area contributed by atoms with E-state index >= 15 is 0 Å². The maximum atomic E-state index is 11.7. The van der Waals surface area contributed by atoms with Gasteiger partial charge in [0.05, 0.1) is 12.2 Å². The normalized spacial score (nSPS) is 25.1. The van der Waals surface area contributed by atoms with Crippen LogP contribution in [0.15, 0.2) is 0 Å². The Labute approximate surface area is 108 Å². The third kappa shape index (κ3) is 4.64. The number of hydrogen-bond donors (Lipinski definition) is 2. The lowest BCUT2D eigenvalue weighted by atomic mass is 10.0. The summed E-state index contributed by atoms with van der Waals surface area (Å²) in [6, 6.07) is -0.805. The summed E-state index contributed by atoms with van der Waals surface area (Å²) in [5, 5.41) is 11.5. The minimum atomic E-state index is -0.982. The maximum absolute atomic E-state index is 11.7. The quantitative estimate of drug-likeness (QED) is 0.757. The Morgan fingerprint density at radius 3 is 2.50 bits per heavy atom. The lowest BCUT2D eigenvalue weighted by Crippen LogP contribution is -2.44. The number of rotatable bonds is 6. The van der Waals surface area contributed by atoms with E-state index in [1.807, 2.05) is 6.92 Å². The highest BCUT2D eigenvalue weighted by Crippen LogP contribution is 2.22. The fourth-order valence-electron chi connectivity index (χ4n) is 2.15. The van der Waals surface area contributed by atoms with Crippen LogP contribution in [0.1, 0.15) is 46.5 Å². The summed E-state index contributed by atoms with van der Waals surface area (Å²) in [7, 11) is 0. The average molecular weight is 257 g/mol. The standard InChI is InChI=1S/C13H23NO4/c1-8(2)12(13(16)17)14-11(15)7-6-10-5-4-9(3)18-10/h8-10,12H,4-7H2,1-3H3,(H,14,15)(H,16,17). The maximum Gasteiger partial charge on any atom is 0.326 e. The molecular weight excluding hydrogens is 234 g/mol. The first-order valence-corrected chi connectivity index (χ1v) is 6.57. The topological polar surface area (TPSA) is 75.6 Å². The van der Waals surface area contributed by atoms with Crippen molar-refractivity contribution in [2.45, 2.75) is 64.7 Å². The fourth-order valence-corrected chi connectivity index (χ4v) is 2.15. The number of aliphatic carboxylic acids is 1. The van der Waals surface area contributed by atoms with Gasteiger partial charge in [-0.1, -0.05) is 13.8 Å². The van der Waals surface area contributed by atoms with Crippen molar-refractivity contribution in [2.75, 3.05) is 0 Å². The van der Waals surface area contributed by atoms with Gasteiger partial charge in [-0.05, 0) is 32.1 Å². The van der Waals surface area contributed by atoms with Crippen LogP contribution in [0.2, 0.25) is 0 Å². The van der Waals surface area contributed by atoms with E-state index in [0.29, 0.717) is 12.8 Å². The van der Waals surface area contributed by atoms with Crippen molar-refractivity contribution in [1.82, 2.24) is 5.32 Å². The van der Waals surface area contributed by atoms with Crippen molar-refractivity contribution in [1.29, 1.82) is 0 Å². The van der Waals surface area contributed by atoms with Gasteiger partial charge < -0.3 is 15.2 Å². The highest BCUT2D eigenvalue weighted by Gasteiger charge is 2.25. The van der Waals surface area contributed by atoms with Crippen LogP contribution in [0.3, 0.4) is 0 Å². The number of carbonyl (C=O) groups is 2. The number of carboxylic acids is 1. The van der Waals surface area contributed by atoms with E-state index in [9.17, 15) is 9.59 Å². The Hall–Kier alpha value is -1.10. The van der Waals surface area contributed by atoms with E-state index in [1.54, 1.807) is 13.8 Å². The first-order chi connectivity index (χ1) is 8.40. The number of amides is 1. The molecule has 18 heavy (non-hydrogen) atoms. The molecule has 0 aromatic heterocycles. The van der Waals surface area contributed by atoms with E-state index in [2.05, 4.69) is 5.32 Å². The predicted octanol–water partition coefficient (Wildman–Crippen LogP) is 1.56. The summed E-state index contributed by atoms with van der Waals surface area (Å²) in [6.07, 6.45) is 3.44. The smallest absolute Gasteiger partial charge is 0.326 e. The summed E-state index contributed by atoms with van der Waals surface area (Å²) in [5.74, 6) is -1.31. The zero-order valence-electron chi connectivity index (χ0n) is 11.3. The first-order valence-electron chi connectivity index (χ1n) is 6.57. The molecule has 5 nitrogen and oxygen atoms in total. The van der Waals surface area contributed by atoms with Crippen LogP contribution in [0.25, 0.3) is 0 Å². The van der Waals surface area contributed by atoms with Crippen molar-refractivity contribution in [3.63, 3.8) is 0 Å². The second-order valence-electron chi connectivity index (χ2n) is 5.31. The number of nitrogens with one attached hydrogen (secondary N) is 1. The van der Waals surface area contributed by atoms with Crippen LogP contribution < -0.4 is 5.32 Å². The van der Waals surface area contributed by atoms with Crippen molar-refractivity contribution >= 4 is 11.9 Å². The second-order valence-corrected chi connectivity index (χ2v) is 5.31. The molecule has 0 aromatic rings. The third-order valence-electron chi connectivity index (χ3n) is 3.26. The van der Waals surface area contributed by atoms with E-state index in [-0.39, 0.29) is 24.0 Å². The monoisotopic (exact) mass is 257 g/mol. The SMILES string of the molecule is CC1CCC(CCC(=O)NC(C(=O)O)C(C)C)O1. The Morgan fingerprint density at radius 2 is 2.06 bits per heavy atom. The molecule has 1 heterocycles. The number of carboxylic acid groups (broad SMARTS) is 1. The van der Waals surface area contributed by atoms with Gasteiger partial charge >= 0.3 is 5.97 Å². The molecule has 1 aliphatic rings. The molecule has 0 spiro atoms. The van der Waals surface area contributed by atoms with Crippen LogP contribution in [0, 0.1) is 5.92 Å². The summed E-state index contributed by atoms with van der Waals surface area (Å²) < 4.78 is 5.62. The molecule has 0 aliphatic carbocycles. The van der Waals surface area contributed by atoms with Gasteiger partial charge in [-0.2, -0.15) is 0 Å². The summed E-state index contributed by atoms with van der Waals surface area (Å²) in [5.41, 5.74) is 0. The molecule has 3 unspecified atom stereocenters. The van der Waals surface area contributed by atoms with Crippen LogP contribution in [-0.2, 0) is 14.3 Å². The zero-order chi connectivity index (χ0) is 13.7. The minimum absolute atomic E-state index is 0.116. The number of hydrogen-bond acceptors (Lipinski definition) is 3. The van der Waals surface area contributed by atoms with Crippen molar-refractivity contribution in [2.24, 2.45) is 5.92 Å². The molecule has 2 N–H and O–H groups in total. The van der Waals surface area contributed by atoms with Gasteiger partial charge in [0.1, 0.15) is 6.04 Å². The average Bonchev–Trinajstić information content (AvgIpc) is 2.68. The van der Waals surface area contributed by atoms with Gasteiger partial charge in [0.2, 0.25) is 5.91 Å². The van der Waals surface area contributed by atoms with Crippen LogP contribution in [-0.4, -0.2) is 35.2 Å². The summed E-state index contributed by atoms with van der Waals surface area (Å²) >= 11 is 0. The van der Waals surface area contributed by atoms with Gasteiger partial charge in [-0.3, -0.25) is 4.79 Å². The second kappa shape index (κ2) is 6.73. The Bertz CT molecular complexity index is 303. The molecule has 1 amide bonds. The Kier molecular flexibility index (Phi) is 5.59. The molecule has 0 bridgehead atoms. The van der Waals surface area contributed by atoms with Gasteiger partial charge in [0.25, 0.3) is 0 Å². The van der Waals surface area contributed by atoms with Crippen LogP contribution in [0.5, 0.6) is 0 Å². The van der Waals surface area contributed by atoms with Gasteiger partial charge in [0.15, 0.2) is 0 Å².